The molecule has 0 fully saturated rings. The maximum atomic E-state index is 11.5. The molecule has 0 saturated heterocycles. The van der Waals surface area contributed by atoms with E-state index in [9.17, 15) is 4.79 Å². The number of Topliss-reactive ketones (excluding diaryl/α,β-unsaturated/α-hetero) is 1. The summed E-state index contributed by atoms with van der Waals surface area (Å²) in [6, 6.07) is 6.06. The van der Waals surface area contributed by atoms with E-state index in [1.54, 1.807) is 7.11 Å². The Morgan fingerprint density at radius 2 is 2.06 bits per heavy atom. The lowest BCUT2D eigenvalue weighted by Crippen LogP contribution is -2.07. The van der Waals surface area contributed by atoms with Crippen LogP contribution in [0, 0.1) is 12.8 Å². The molecule has 0 amide bonds. The van der Waals surface area contributed by atoms with Crippen LogP contribution < -0.4 is 4.74 Å². The molecule has 0 aliphatic heterocycles. The molecule has 2 heteroatoms. The zero-order valence-corrected chi connectivity index (χ0v) is 11.2. The molecule has 2 nitrogen and oxygen atoms in total. The lowest BCUT2D eigenvalue weighted by molar-refractivity contribution is -0.121. The van der Waals surface area contributed by atoms with Gasteiger partial charge in [-0.2, -0.15) is 0 Å². The van der Waals surface area contributed by atoms with Gasteiger partial charge in [0.05, 0.1) is 7.11 Å². The van der Waals surface area contributed by atoms with E-state index in [1.165, 1.54) is 11.1 Å². The molecule has 0 spiro atoms. The average molecular weight is 234 g/mol. The number of benzene rings is 1. The van der Waals surface area contributed by atoms with Crippen molar-refractivity contribution < 1.29 is 9.53 Å². The molecule has 1 aromatic carbocycles. The highest BCUT2D eigenvalue weighted by atomic mass is 16.5. The number of carbonyl (C=O) groups is 1. The Bertz CT molecular complexity index is 381. The average Bonchev–Trinajstić information content (AvgIpc) is 2.30. The van der Waals surface area contributed by atoms with E-state index in [0.717, 1.165) is 18.6 Å². The van der Waals surface area contributed by atoms with Crippen LogP contribution in [0.3, 0.4) is 0 Å². The summed E-state index contributed by atoms with van der Waals surface area (Å²) in [5.74, 6) is 1.42. The number of rotatable bonds is 6. The fourth-order valence-corrected chi connectivity index (χ4v) is 1.92. The molecule has 0 aliphatic carbocycles. The van der Waals surface area contributed by atoms with Crippen molar-refractivity contribution >= 4 is 5.78 Å². The van der Waals surface area contributed by atoms with E-state index in [0.29, 0.717) is 12.2 Å². The molecule has 17 heavy (non-hydrogen) atoms. The molecule has 0 unspecified atom stereocenters. The second-order valence-electron chi connectivity index (χ2n) is 4.73. The maximum absolute atomic E-state index is 11.5. The number of aryl methyl sites for hydroxylation is 1. The first-order valence-electron chi connectivity index (χ1n) is 6.21. The molecule has 0 bridgehead atoms. The molecule has 1 rings (SSSR count). The van der Waals surface area contributed by atoms with Crippen molar-refractivity contribution in [2.45, 2.75) is 40.0 Å². The fraction of sp³-hybridized carbons (Fsp3) is 0.533. The molecule has 0 N–H and O–H groups in total. The van der Waals surface area contributed by atoms with Gasteiger partial charge in [0, 0.05) is 12.3 Å². The molecule has 0 aliphatic rings. The van der Waals surface area contributed by atoms with Crippen LogP contribution in [0.15, 0.2) is 18.2 Å². The minimum atomic E-state index is 0.147. The van der Waals surface area contributed by atoms with Crippen molar-refractivity contribution in [1.29, 1.82) is 0 Å². The monoisotopic (exact) mass is 234 g/mol. The van der Waals surface area contributed by atoms with Crippen molar-refractivity contribution in [3.05, 3.63) is 29.3 Å². The highest BCUT2D eigenvalue weighted by Gasteiger charge is 2.09. The molecule has 94 valence electrons. The summed E-state index contributed by atoms with van der Waals surface area (Å²) < 4.78 is 5.35. The predicted octanol–water partition coefficient (Wildman–Crippen LogP) is 3.55. The van der Waals surface area contributed by atoms with Gasteiger partial charge in [-0.15, -0.1) is 0 Å². The lowest BCUT2D eigenvalue weighted by atomic mass is 9.98. The Morgan fingerprint density at radius 3 is 2.65 bits per heavy atom. The predicted molar refractivity (Wildman–Crippen MR) is 70.5 cm³/mol. The summed E-state index contributed by atoms with van der Waals surface area (Å²) in [6.07, 6.45) is 2.47. The van der Waals surface area contributed by atoms with Crippen molar-refractivity contribution in [2.24, 2.45) is 5.92 Å². The summed E-state index contributed by atoms with van der Waals surface area (Å²) in [5, 5.41) is 0. The number of ether oxygens (including phenoxy) is 1. The summed E-state index contributed by atoms with van der Waals surface area (Å²) in [6.45, 7) is 6.00. The Hall–Kier alpha value is -1.31. The Labute approximate surface area is 104 Å². The van der Waals surface area contributed by atoms with Crippen LogP contribution in [0.25, 0.3) is 0 Å². The van der Waals surface area contributed by atoms with Crippen molar-refractivity contribution in [1.82, 2.24) is 0 Å². The van der Waals surface area contributed by atoms with Gasteiger partial charge in [-0.25, -0.2) is 0 Å². The van der Waals surface area contributed by atoms with Gasteiger partial charge in [-0.05, 0) is 37.0 Å². The van der Waals surface area contributed by atoms with Gasteiger partial charge in [0.1, 0.15) is 11.5 Å². The van der Waals surface area contributed by atoms with Crippen LogP contribution in [-0.4, -0.2) is 12.9 Å². The van der Waals surface area contributed by atoms with Crippen molar-refractivity contribution in [2.75, 3.05) is 7.11 Å². The van der Waals surface area contributed by atoms with Gasteiger partial charge in [0.2, 0.25) is 0 Å². The first-order chi connectivity index (χ1) is 8.06. The first-order valence-corrected chi connectivity index (χ1v) is 6.21. The smallest absolute Gasteiger partial charge is 0.135 e. The molecule has 0 atom stereocenters. The normalized spacial score (nSPS) is 10.6. The number of methoxy groups -OCH3 is 1. The number of carbonyl (C=O) groups excluding carboxylic acids is 1. The van der Waals surface area contributed by atoms with Gasteiger partial charge in [0.15, 0.2) is 0 Å². The maximum Gasteiger partial charge on any atom is 0.135 e. The van der Waals surface area contributed by atoms with Gasteiger partial charge >= 0.3 is 0 Å². The van der Waals surface area contributed by atoms with E-state index in [-0.39, 0.29) is 5.92 Å². The third-order valence-electron chi connectivity index (χ3n) is 3.08. The summed E-state index contributed by atoms with van der Waals surface area (Å²) >= 11 is 0. The number of ketones is 1. The van der Waals surface area contributed by atoms with Gasteiger partial charge in [-0.1, -0.05) is 26.0 Å². The van der Waals surface area contributed by atoms with Crippen LogP contribution in [0.2, 0.25) is 0 Å². The van der Waals surface area contributed by atoms with E-state index < -0.39 is 0 Å². The third kappa shape index (κ3) is 3.88. The van der Waals surface area contributed by atoms with Crippen LogP contribution >= 0.6 is 0 Å². The molecule has 0 radical (unpaired) electrons. The summed E-state index contributed by atoms with van der Waals surface area (Å²) in [4.78, 5) is 11.5. The number of hydrogen-bond acceptors (Lipinski definition) is 2. The summed E-state index contributed by atoms with van der Waals surface area (Å²) in [5.41, 5.74) is 2.47. The second-order valence-corrected chi connectivity index (χ2v) is 4.73. The van der Waals surface area contributed by atoms with Gasteiger partial charge in [0.25, 0.3) is 0 Å². The Kier molecular flexibility index (Phi) is 5.20. The standard InChI is InChI=1S/C15H22O2/c1-11(2)14(16)9-6-8-13-12(3)7-5-10-15(13)17-4/h5,7,10-11H,6,8-9H2,1-4H3. The van der Waals surface area contributed by atoms with Crippen LogP contribution in [-0.2, 0) is 11.2 Å². The van der Waals surface area contributed by atoms with Gasteiger partial charge < -0.3 is 4.74 Å². The Balaban J connectivity index is 2.60. The van der Waals surface area contributed by atoms with Crippen LogP contribution in [0.4, 0.5) is 0 Å². The highest BCUT2D eigenvalue weighted by Crippen LogP contribution is 2.23. The fourth-order valence-electron chi connectivity index (χ4n) is 1.92. The molecule has 0 saturated carbocycles. The molecular formula is C15H22O2. The third-order valence-corrected chi connectivity index (χ3v) is 3.08. The molecular weight excluding hydrogens is 212 g/mol. The minimum Gasteiger partial charge on any atom is -0.496 e. The minimum absolute atomic E-state index is 0.147. The number of hydrogen-bond donors (Lipinski definition) is 0. The SMILES string of the molecule is COc1cccc(C)c1CCCC(=O)C(C)C. The van der Waals surface area contributed by atoms with Crippen molar-refractivity contribution in [3.63, 3.8) is 0 Å². The quantitative estimate of drug-likeness (QED) is 0.752. The van der Waals surface area contributed by atoms with Crippen molar-refractivity contribution in [3.8, 4) is 5.75 Å². The zero-order valence-electron chi connectivity index (χ0n) is 11.2. The zero-order chi connectivity index (χ0) is 12.8. The summed E-state index contributed by atoms with van der Waals surface area (Å²) in [7, 11) is 1.69. The largest absolute Gasteiger partial charge is 0.496 e. The lowest BCUT2D eigenvalue weighted by Gasteiger charge is -2.11. The van der Waals surface area contributed by atoms with Gasteiger partial charge in [-0.3, -0.25) is 4.79 Å². The highest BCUT2D eigenvalue weighted by molar-refractivity contribution is 5.80. The van der Waals surface area contributed by atoms with Crippen LogP contribution in [0.5, 0.6) is 5.75 Å². The van der Waals surface area contributed by atoms with E-state index in [2.05, 4.69) is 13.0 Å². The van der Waals surface area contributed by atoms with E-state index in [4.69, 9.17) is 4.74 Å². The van der Waals surface area contributed by atoms with E-state index >= 15 is 0 Å². The molecule has 0 aromatic heterocycles. The Morgan fingerprint density at radius 1 is 1.35 bits per heavy atom. The molecule has 0 heterocycles. The second kappa shape index (κ2) is 6.43. The first kappa shape index (κ1) is 13.8. The molecule has 1 aromatic rings. The topological polar surface area (TPSA) is 26.3 Å². The van der Waals surface area contributed by atoms with Crippen LogP contribution in [0.1, 0.15) is 37.8 Å². The van der Waals surface area contributed by atoms with E-state index in [1.807, 2.05) is 26.0 Å².